The predicted molar refractivity (Wildman–Crippen MR) is 49.7 cm³/mol. The third kappa shape index (κ3) is 1.11. The average molecular weight is 180 g/mol. The molecule has 3 heteroatoms. The minimum atomic E-state index is -0.491. The van der Waals surface area contributed by atoms with Gasteiger partial charge in [0.1, 0.15) is 18.5 Å². The maximum absolute atomic E-state index is 9.43. The molecule has 1 aliphatic heterocycles. The van der Waals surface area contributed by atoms with Crippen molar-refractivity contribution in [1.82, 2.24) is 0 Å². The van der Waals surface area contributed by atoms with Gasteiger partial charge in [-0.1, -0.05) is 18.3 Å². The van der Waals surface area contributed by atoms with Crippen LogP contribution in [-0.2, 0) is 0 Å². The molecule has 12 heavy (non-hydrogen) atoms. The first-order chi connectivity index (χ1) is 5.81. The molecular weight excluding hydrogens is 172 g/mol. The average Bonchev–Trinajstić information content (AvgIpc) is 2.47. The van der Waals surface area contributed by atoms with Gasteiger partial charge in [-0.25, -0.2) is 0 Å². The van der Waals surface area contributed by atoms with Gasteiger partial charge in [0, 0.05) is 10.9 Å². The van der Waals surface area contributed by atoms with Gasteiger partial charge in [-0.15, -0.1) is 0 Å². The van der Waals surface area contributed by atoms with E-state index in [1.165, 1.54) is 0 Å². The van der Waals surface area contributed by atoms with Gasteiger partial charge in [-0.3, -0.25) is 0 Å². The summed E-state index contributed by atoms with van der Waals surface area (Å²) in [6, 6.07) is 5.58. The van der Waals surface area contributed by atoms with Gasteiger partial charge in [0.25, 0.3) is 0 Å². The molecule has 0 spiro atoms. The maximum atomic E-state index is 9.43. The minimum Gasteiger partial charge on any atom is -0.490 e. The Hall–Kier alpha value is -0.930. The molecule has 0 saturated carbocycles. The number of thiocarbonyl (C=S) groups is 1. The van der Waals surface area contributed by atoms with Crippen LogP contribution in [-0.4, -0.2) is 17.1 Å². The molecule has 2 rings (SSSR count). The van der Waals surface area contributed by atoms with Crippen LogP contribution in [0.2, 0.25) is 0 Å². The van der Waals surface area contributed by atoms with Crippen molar-refractivity contribution in [2.24, 2.45) is 0 Å². The van der Waals surface area contributed by atoms with Crippen molar-refractivity contribution in [3.63, 3.8) is 0 Å². The number of rotatable bonds is 1. The van der Waals surface area contributed by atoms with Crippen molar-refractivity contribution in [3.8, 4) is 5.75 Å². The molecule has 0 saturated heterocycles. The summed E-state index contributed by atoms with van der Waals surface area (Å²) in [7, 11) is 0. The van der Waals surface area contributed by atoms with Gasteiger partial charge in [0.05, 0.1) is 0 Å². The van der Waals surface area contributed by atoms with E-state index in [1.54, 1.807) is 5.37 Å². The van der Waals surface area contributed by atoms with E-state index >= 15 is 0 Å². The molecule has 1 aromatic rings. The second-order valence-corrected chi connectivity index (χ2v) is 2.98. The highest BCUT2D eigenvalue weighted by Crippen LogP contribution is 2.32. The fraction of sp³-hybridized carbons (Fsp3) is 0.222. The molecule has 62 valence electrons. The smallest absolute Gasteiger partial charge is 0.125 e. The van der Waals surface area contributed by atoms with Gasteiger partial charge in [-0.2, -0.15) is 0 Å². The van der Waals surface area contributed by atoms with Crippen LogP contribution in [0.5, 0.6) is 5.75 Å². The summed E-state index contributed by atoms with van der Waals surface area (Å²) in [4.78, 5) is 0. The zero-order valence-electron chi connectivity index (χ0n) is 6.36. The zero-order valence-corrected chi connectivity index (χ0v) is 7.17. The first-order valence-corrected chi connectivity index (χ1v) is 4.18. The van der Waals surface area contributed by atoms with Crippen molar-refractivity contribution in [3.05, 3.63) is 29.3 Å². The quantitative estimate of drug-likeness (QED) is 0.663. The Morgan fingerprint density at radius 3 is 3.17 bits per heavy atom. The van der Waals surface area contributed by atoms with E-state index in [1.807, 2.05) is 18.2 Å². The molecule has 0 aliphatic carbocycles. The third-order valence-corrected chi connectivity index (χ3v) is 2.20. The van der Waals surface area contributed by atoms with E-state index in [0.29, 0.717) is 6.61 Å². The SMILES string of the molecule is OC1COc2ccc(C=S)cc21. The van der Waals surface area contributed by atoms with Gasteiger partial charge in [-0.05, 0) is 17.7 Å². The molecule has 1 aromatic carbocycles. The topological polar surface area (TPSA) is 29.5 Å². The largest absolute Gasteiger partial charge is 0.490 e. The number of ether oxygens (including phenoxy) is 1. The summed E-state index contributed by atoms with van der Waals surface area (Å²) >= 11 is 4.78. The monoisotopic (exact) mass is 180 g/mol. The van der Waals surface area contributed by atoms with E-state index in [2.05, 4.69) is 0 Å². The fourth-order valence-corrected chi connectivity index (χ4v) is 1.44. The number of fused-ring (bicyclic) bond motifs is 1. The molecule has 0 radical (unpaired) electrons. The number of hydrogen-bond donors (Lipinski definition) is 1. The summed E-state index contributed by atoms with van der Waals surface area (Å²) in [5.41, 5.74) is 1.78. The maximum Gasteiger partial charge on any atom is 0.125 e. The molecule has 0 bridgehead atoms. The van der Waals surface area contributed by atoms with Crippen molar-refractivity contribution >= 4 is 17.6 Å². The Bertz CT molecular complexity index is 322. The van der Waals surface area contributed by atoms with E-state index in [4.69, 9.17) is 17.0 Å². The van der Waals surface area contributed by atoms with E-state index < -0.39 is 6.10 Å². The summed E-state index contributed by atoms with van der Waals surface area (Å²) in [6.45, 7) is 0.357. The van der Waals surface area contributed by atoms with Crippen molar-refractivity contribution in [2.75, 3.05) is 6.61 Å². The summed E-state index contributed by atoms with van der Waals surface area (Å²) < 4.78 is 5.21. The van der Waals surface area contributed by atoms with Crippen LogP contribution >= 0.6 is 12.2 Å². The normalized spacial score (nSPS) is 19.9. The Balaban J connectivity index is 2.50. The lowest BCUT2D eigenvalue weighted by molar-refractivity contribution is 0.140. The first kappa shape index (κ1) is 7.71. The van der Waals surface area contributed by atoms with Crippen LogP contribution in [0.15, 0.2) is 18.2 Å². The van der Waals surface area contributed by atoms with E-state index in [-0.39, 0.29) is 0 Å². The van der Waals surface area contributed by atoms with Crippen molar-refractivity contribution in [1.29, 1.82) is 0 Å². The molecule has 1 atom stereocenters. The lowest BCUT2D eigenvalue weighted by atomic mass is 10.1. The van der Waals surface area contributed by atoms with Crippen molar-refractivity contribution < 1.29 is 9.84 Å². The molecular formula is C9H8O2S. The molecule has 0 amide bonds. The van der Waals surface area contributed by atoms with Gasteiger partial charge < -0.3 is 9.84 Å². The first-order valence-electron chi connectivity index (χ1n) is 3.71. The highest BCUT2D eigenvalue weighted by molar-refractivity contribution is 7.79. The second-order valence-electron chi connectivity index (χ2n) is 2.74. The standard InChI is InChI=1S/C9H8O2S/c10-8-4-11-9-2-1-6(5-12)3-7(8)9/h1-3,5,8,10H,4H2. The number of benzene rings is 1. The number of aliphatic hydroxyl groups excluding tert-OH is 1. The lowest BCUT2D eigenvalue weighted by Gasteiger charge is -1.99. The zero-order chi connectivity index (χ0) is 8.55. The number of hydrogen-bond acceptors (Lipinski definition) is 3. The highest BCUT2D eigenvalue weighted by Gasteiger charge is 2.21. The Morgan fingerprint density at radius 2 is 2.42 bits per heavy atom. The lowest BCUT2D eigenvalue weighted by Crippen LogP contribution is -1.97. The van der Waals surface area contributed by atoms with Crippen LogP contribution in [0.4, 0.5) is 0 Å². The summed E-state index contributed by atoms with van der Waals surface area (Å²) in [5, 5.41) is 11.0. The molecule has 0 aromatic heterocycles. The Labute approximate surface area is 75.8 Å². The molecule has 2 nitrogen and oxygen atoms in total. The fourth-order valence-electron chi connectivity index (χ4n) is 1.29. The van der Waals surface area contributed by atoms with Gasteiger partial charge in [0.2, 0.25) is 0 Å². The van der Waals surface area contributed by atoms with Crippen LogP contribution in [0.3, 0.4) is 0 Å². The van der Waals surface area contributed by atoms with Crippen LogP contribution < -0.4 is 4.74 Å². The van der Waals surface area contributed by atoms with Gasteiger partial charge in [0.15, 0.2) is 0 Å². The molecule has 0 fully saturated rings. The Morgan fingerprint density at radius 1 is 1.58 bits per heavy atom. The van der Waals surface area contributed by atoms with E-state index in [9.17, 15) is 5.11 Å². The summed E-state index contributed by atoms with van der Waals surface area (Å²) in [6.07, 6.45) is -0.491. The van der Waals surface area contributed by atoms with Crippen LogP contribution in [0.25, 0.3) is 0 Å². The number of aliphatic hydroxyl groups is 1. The van der Waals surface area contributed by atoms with Crippen molar-refractivity contribution in [2.45, 2.75) is 6.10 Å². The predicted octanol–water partition coefficient (Wildman–Crippen LogP) is 1.46. The molecule has 1 N–H and O–H groups in total. The van der Waals surface area contributed by atoms with Crippen LogP contribution in [0, 0.1) is 0 Å². The van der Waals surface area contributed by atoms with Gasteiger partial charge >= 0.3 is 0 Å². The second kappa shape index (κ2) is 2.84. The summed E-state index contributed by atoms with van der Waals surface area (Å²) in [5.74, 6) is 0.767. The highest BCUT2D eigenvalue weighted by atomic mass is 32.1. The molecule has 1 heterocycles. The molecule has 1 unspecified atom stereocenters. The van der Waals surface area contributed by atoms with E-state index in [0.717, 1.165) is 16.9 Å². The Kier molecular flexibility index (Phi) is 1.83. The third-order valence-electron chi connectivity index (χ3n) is 1.93. The minimum absolute atomic E-state index is 0.357. The molecule has 1 aliphatic rings. The van der Waals surface area contributed by atoms with Crippen LogP contribution in [0.1, 0.15) is 17.2 Å².